The summed E-state index contributed by atoms with van der Waals surface area (Å²) in [4.78, 5) is 23.9. The summed E-state index contributed by atoms with van der Waals surface area (Å²) < 4.78 is 17.0. The van der Waals surface area contributed by atoms with Gasteiger partial charge in [0.1, 0.15) is 28.8 Å². The Kier molecular flexibility index (Phi) is 4.62. The molecule has 1 N–H and O–H groups in total. The molecular weight excluding hydrogens is 372 g/mol. The predicted octanol–water partition coefficient (Wildman–Crippen LogP) is 3.84. The second kappa shape index (κ2) is 7.13. The minimum atomic E-state index is -0.906. The molecule has 0 unspecified atom stereocenters. The molecule has 6 heteroatoms. The Labute approximate surface area is 167 Å². The Bertz CT molecular complexity index is 1150. The lowest BCUT2D eigenvalue weighted by Crippen LogP contribution is -2.43. The quantitative estimate of drug-likeness (QED) is 0.412. The van der Waals surface area contributed by atoms with Crippen LogP contribution in [0.1, 0.15) is 25.0 Å². The molecule has 6 nitrogen and oxygen atoms in total. The van der Waals surface area contributed by atoms with Crippen molar-refractivity contribution in [3.8, 4) is 11.5 Å². The van der Waals surface area contributed by atoms with Crippen LogP contribution in [-0.4, -0.2) is 22.8 Å². The molecule has 2 heterocycles. The minimum Gasteiger partial charge on any atom is -0.508 e. The molecule has 1 aliphatic rings. The van der Waals surface area contributed by atoms with Crippen molar-refractivity contribution in [3.05, 3.63) is 76.2 Å². The van der Waals surface area contributed by atoms with Gasteiger partial charge in [-0.1, -0.05) is 12.1 Å². The van der Waals surface area contributed by atoms with Gasteiger partial charge in [-0.05, 0) is 55.8 Å². The zero-order valence-corrected chi connectivity index (χ0v) is 16.0. The molecule has 0 aliphatic carbocycles. The lowest BCUT2D eigenvalue weighted by molar-refractivity contribution is -0.158. The normalized spacial score (nSPS) is 16.0. The highest BCUT2D eigenvalue weighted by molar-refractivity contribution is 5.87. The first-order valence-corrected chi connectivity index (χ1v) is 9.24. The van der Waals surface area contributed by atoms with Gasteiger partial charge in [0.15, 0.2) is 0 Å². The summed E-state index contributed by atoms with van der Waals surface area (Å²) in [5.41, 5.74) is 0.750. The third-order valence-corrected chi connectivity index (χ3v) is 4.95. The van der Waals surface area contributed by atoms with Crippen LogP contribution in [0.3, 0.4) is 0 Å². The number of phenols is 1. The number of fused-ring (bicyclic) bond motifs is 3. The SMILES string of the molecule is CC(C)(OC(=O)/C=C/c1ccc(O)cc1)[C@H]1Cc2c(ccc3ccc(=O)oc23)O1. The van der Waals surface area contributed by atoms with Gasteiger partial charge in [-0.3, -0.25) is 0 Å². The number of carbonyl (C=O) groups is 1. The average Bonchev–Trinajstić information content (AvgIpc) is 3.13. The summed E-state index contributed by atoms with van der Waals surface area (Å²) in [6.07, 6.45) is 3.00. The van der Waals surface area contributed by atoms with Crippen LogP contribution in [0.2, 0.25) is 0 Å². The molecule has 148 valence electrons. The van der Waals surface area contributed by atoms with E-state index in [0.717, 1.165) is 16.5 Å². The first kappa shape index (κ1) is 18.8. The van der Waals surface area contributed by atoms with Crippen molar-refractivity contribution in [3.63, 3.8) is 0 Å². The van der Waals surface area contributed by atoms with Crippen molar-refractivity contribution in [2.24, 2.45) is 0 Å². The molecule has 4 rings (SSSR count). The smallest absolute Gasteiger partial charge is 0.336 e. The van der Waals surface area contributed by atoms with E-state index in [2.05, 4.69) is 0 Å². The van der Waals surface area contributed by atoms with Crippen LogP contribution in [0.5, 0.6) is 11.5 Å². The fraction of sp³-hybridized carbons (Fsp3) is 0.217. The van der Waals surface area contributed by atoms with Crippen molar-refractivity contribution in [1.82, 2.24) is 0 Å². The standard InChI is InChI=1S/C23H20O6/c1-23(2,29-21(26)11-5-14-3-8-16(24)9-4-14)19-13-17-18(27-19)10-6-15-7-12-20(25)28-22(15)17/h3-12,19,24H,13H2,1-2H3/b11-5+/t19-/m1/s1. The number of benzene rings is 2. The molecule has 1 aromatic heterocycles. The van der Waals surface area contributed by atoms with Crippen LogP contribution in [-0.2, 0) is 16.0 Å². The van der Waals surface area contributed by atoms with E-state index < -0.39 is 23.3 Å². The average molecular weight is 392 g/mol. The Hall–Kier alpha value is -3.54. The van der Waals surface area contributed by atoms with E-state index in [1.807, 2.05) is 12.1 Å². The summed E-state index contributed by atoms with van der Waals surface area (Å²) >= 11 is 0. The molecule has 29 heavy (non-hydrogen) atoms. The van der Waals surface area contributed by atoms with Crippen LogP contribution in [0.25, 0.3) is 17.0 Å². The van der Waals surface area contributed by atoms with E-state index in [4.69, 9.17) is 13.9 Å². The number of phenolic OH excluding ortho intramolecular Hbond substituents is 1. The third-order valence-electron chi connectivity index (χ3n) is 4.95. The number of ether oxygens (including phenoxy) is 2. The van der Waals surface area contributed by atoms with Gasteiger partial charge < -0.3 is 19.0 Å². The first-order chi connectivity index (χ1) is 13.8. The maximum atomic E-state index is 12.3. The first-order valence-electron chi connectivity index (χ1n) is 9.24. The molecule has 0 amide bonds. The lowest BCUT2D eigenvalue weighted by atomic mass is 9.96. The second-order valence-corrected chi connectivity index (χ2v) is 7.48. The molecule has 0 saturated heterocycles. The van der Waals surface area contributed by atoms with E-state index in [0.29, 0.717) is 17.8 Å². The molecule has 1 atom stereocenters. The summed E-state index contributed by atoms with van der Waals surface area (Å²) in [6, 6.07) is 13.2. The molecular formula is C23H20O6. The van der Waals surface area contributed by atoms with Gasteiger partial charge >= 0.3 is 11.6 Å². The Morgan fingerprint density at radius 3 is 2.62 bits per heavy atom. The topological polar surface area (TPSA) is 86.0 Å². The van der Waals surface area contributed by atoms with Gasteiger partial charge in [0, 0.05) is 29.5 Å². The van der Waals surface area contributed by atoms with E-state index in [1.165, 1.54) is 12.1 Å². The minimum absolute atomic E-state index is 0.159. The highest BCUT2D eigenvalue weighted by Gasteiger charge is 2.40. The van der Waals surface area contributed by atoms with E-state index in [1.54, 1.807) is 50.3 Å². The number of aromatic hydroxyl groups is 1. The molecule has 0 saturated carbocycles. The van der Waals surface area contributed by atoms with Gasteiger partial charge in [0.25, 0.3) is 0 Å². The zero-order valence-electron chi connectivity index (χ0n) is 16.0. The van der Waals surface area contributed by atoms with Gasteiger partial charge in [-0.15, -0.1) is 0 Å². The third kappa shape index (κ3) is 3.87. The number of rotatable bonds is 4. The van der Waals surface area contributed by atoms with Crippen LogP contribution in [0.4, 0.5) is 0 Å². The van der Waals surface area contributed by atoms with Crippen LogP contribution in [0, 0.1) is 0 Å². The predicted molar refractivity (Wildman–Crippen MR) is 108 cm³/mol. The Morgan fingerprint density at radius 1 is 1.14 bits per heavy atom. The van der Waals surface area contributed by atoms with Crippen LogP contribution < -0.4 is 10.4 Å². The van der Waals surface area contributed by atoms with Crippen LogP contribution >= 0.6 is 0 Å². The van der Waals surface area contributed by atoms with Crippen molar-refractivity contribution < 1.29 is 23.8 Å². The molecule has 2 aromatic carbocycles. The van der Waals surface area contributed by atoms with E-state index >= 15 is 0 Å². The molecule has 0 fully saturated rings. The highest BCUT2D eigenvalue weighted by atomic mass is 16.6. The zero-order chi connectivity index (χ0) is 20.6. The molecule has 0 radical (unpaired) electrons. The largest absolute Gasteiger partial charge is 0.508 e. The van der Waals surface area contributed by atoms with Crippen molar-refractivity contribution in [2.75, 3.05) is 0 Å². The number of carbonyl (C=O) groups excluding carboxylic acids is 1. The van der Waals surface area contributed by atoms with Gasteiger partial charge in [-0.2, -0.15) is 0 Å². The van der Waals surface area contributed by atoms with Gasteiger partial charge in [-0.25, -0.2) is 9.59 Å². The maximum Gasteiger partial charge on any atom is 0.336 e. The number of esters is 1. The number of hydrogen-bond acceptors (Lipinski definition) is 6. The Morgan fingerprint density at radius 2 is 1.86 bits per heavy atom. The summed E-state index contributed by atoms with van der Waals surface area (Å²) in [7, 11) is 0. The van der Waals surface area contributed by atoms with Gasteiger partial charge in [0.2, 0.25) is 0 Å². The van der Waals surface area contributed by atoms with Gasteiger partial charge in [0.05, 0.1) is 0 Å². The molecule has 0 spiro atoms. The summed E-state index contributed by atoms with van der Waals surface area (Å²) in [5, 5.41) is 10.1. The fourth-order valence-corrected chi connectivity index (χ4v) is 3.35. The summed E-state index contributed by atoms with van der Waals surface area (Å²) in [5.74, 6) is 0.284. The van der Waals surface area contributed by atoms with E-state index in [-0.39, 0.29) is 5.75 Å². The monoisotopic (exact) mass is 392 g/mol. The van der Waals surface area contributed by atoms with Crippen molar-refractivity contribution in [1.29, 1.82) is 0 Å². The van der Waals surface area contributed by atoms with E-state index in [9.17, 15) is 14.7 Å². The summed E-state index contributed by atoms with van der Waals surface area (Å²) in [6.45, 7) is 3.57. The number of hydrogen-bond donors (Lipinski definition) is 1. The second-order valence-electron chi connectivity index (χ2n) is 7.48. The lowest BCUT2D eigenvalue weighted by Gasteiger charge is -2.30. The molecule has 0 bridgehead atoms. The van der Waals surface area contributed by atoms with Crippen molar-refractivity contribution >= 4 is 23.0 Å². The van der Waals surface area contributed by atoms with Crippen LogP contribution in [0.15, 0.2) is 63.8 Å². The fourth-order valence-electron chi connectivity index (χ4n) is 3.35. The maximum absolute atomic E-state index is 12.3. The molecule has 1 aliphatic heterocycles. The molecule has 3 aromatic rings. The van der Waals surface area contributed by atoms with Crippen molar-refractivity contribution in [2.45, 2.75) is 32.0 Å². The highest BCUT2D eigenvalue weighted by Crippen LogP contribution is 2.38. The Balaban J connectivity index is 1.49.